The van der Waals surface area contributed by atoms with Crippen LogP contribution in [0, 0.1) is 0 Å². The molecule has 330 valence electrons. The molecule has 5 heterocycles. The highest BCUT2D eigenvalue weighted by atomic mass is 32.2. The summed E-state index contributed by atoms with van der Waals surface area (Å²) in [5, 5.41) is 2.52. The molecule has 14 rings (SSSR count). The summed E-state index contributed by atoms with van der Waals surface area (Å²) in [6.07, 6.45) is 0. The lowest BCUT2D eigenvalue weighted by atomic mass is 9.31. The lowest BCUT2D eigenvalue weighted by molar-refractivity contribution is 0.482. The van der Waals surface area contributed by atoms with Gasteiger partial charge in [0, 0.05) is 60.4 Å². The van der Waals surface area contributed by atoms with Crippen molar-refractivity contribution < 1.29 is 4.74 Å². The number of para-hydroxylation sites is 5. The lowest BCUT2D eigenvalue weighted by Crippen LogP contribution is -2.63. The number of benzene rings is 9. The van der Waals surface area contributed by atoms with Crippen molar-refractivity contribution in [2.45, 2.75) is 62.2 Å². The molecular weight excluding hydrogens is 856 g/mol. The van der Waals surface area contributed by atoms with E-state index in [1.807, 2.05) is 11.8 Å². The van der Waals surface area contributed by atoms with Crippen LogP contribution in [0.15, 0.2) is 198 Å². The van der Waals surface area contributed by atoms with Crippen LogP contribution in [-0.4, -0.2) is 18.0 Å². The number of hydrogen-bond acceptors (Lipinski definition) is 4. The van der Waals surface area contributed by atoms with Crippen molar-refractivity contribution in [3.8, 4) is 17.2 Å². The molecule has 0 saturated carbocycles. The average Bonchev–Trinajstić information content (AvgIpc) is 3.69. The molecule has 4 aliphatic rings. The van der Waals surface area contributed by atoms with Crippen LogP contribution >= 0.6 is 11.8 Å². The molecule has 0 saturated heterocycles. The topological polar surface area (TPSA) is 20.6 Å². The second-order valence-electron chi connectivity index (χ2n) is 21.3. The van der Waals surface area contributed by atoms with Gasteiger partial charge in [0.25, 0.3) is 6.71 Å². The predicted octanol–water partition coefficient (Wildman–Crippen LogP) is 12.5. The molecule has 0 amide bonds. The zero-order valence-corrected chi connectivity index (χ0v) is 40.5. The number of hydrogen-bond donors (Lipinski definition) is 0. The molecule has 0 aliphatic carbocycles. The van der Waals surface area contributed by atoms with E-state index in [9.17, 15) is 0 Å². The number of rotatable bonds is 3. The van der Waals surface area contributed by atoms with Gasteiger partial charge in [-0.1, -0.05) is 162 Å². The first-order chi connectivity index (χ1) is 33.5. The van der Waals surface area contributed by atoms with E-state index in [0.717, 1.165) is 28.6 Å². The zero-order chi connectivity index (χ0) is 46.5. The maximum absolute atomic E-state index is 7.32. The maximum atomic E-state index is 7.32. The van der Waals surface area contributed by atoms with E-state index in [1.165, 1.54) is 98.3 Å². The molecular formula is C62H49B2N3OS. The average molecular weight is 906 g/mol. The molecule has 0 fully saturated rings. The highest BCUT2D eigenvalue weighted by molar-refractivity contribution is 8.00. The maximum Gasteiger partial charge on any atom is 0.256 e. The molecule has 1 aromatic heterocycles. The third-order valence-corrected chi connectivity index (χ3v) is 16.3. The summed E-state index contributed by atoms with van der Waals surface area (Å²) in [5.74, 6) is 1.89. The number of nitrogens with zero attached hydrogens (tertiary/aromatic N) is 3. The van der Waals surface area contributed by atoms with Crippen LogP contribution in [0.1, 0.15) is 52.7 Å². The van der Waals surface area contributed by atoms with E-state index in [2.05, 4.69) is 244 Å². The van der Waals surface area contributed by atoms with Gasteiger partial charge in [-0.2, -0.15) is 0 Å². The highest BCUT2D eigenvalue weighted by Gasteiger charge is 2.47. The third kappa shape index (κ3) is 5.99. The number of anilines is 6. The van der Waals surface area contributed by atoms with Crippen molar-refractivity contribution in [2.75, 3.05) is 9.80 Å². The van der Waals surface area contributed by atoms with Crippen molar-refractivity contribution in [1.29, 1.82) is 0 Å². The van der Waals surface area contributed by atoms with E-state index < -0.39 is 0 Å². The fraction of sp³-hybridized carbons (Fsp3) is 0.129. The van der Waals surface area contributed by atoms with Crippen LogP contribution in [0.5, 0.6) is 11.5 Å². The minimum Gasteiger partial charge on any atom is -0.458 e. The van der Waals surface area contributed by atoms with Crippen molar-refractivity contribution in [2.24, 2.45) is 0 Å². The molecule has 0 N–H and O–H groups in total. The van der Waals surface area contributed by atoms with Gasteiger partial charge >= 0.3 is 0 Å². The second-order valence-corrected chi connectivity index (χ2v) is 22.4. The first-order valence-electron chi connectivity index (χ1n) is 24.3. The van der Waals surface area contributed by atoms with Crippen molar-refractivity contribution >= 4 is 114 Å². The van der Waals surface area contributed by atoms with Gasteiger partial charge in [-0.25, -0.2) is 0 Å². The molecule has 10 aromatic rings. The van der Waals surface area contributed by atoms with Crippen molar-refractivity contribution in [3.05, 3.63) is 199 Å². The fourth-order valence-corrected chi connectivity index (χ4v) is 13.1. The van der Waals surface area contributed by atoms with Gasteiger partial charge in [0.05, 0.1) is 11.0 Å². The molecule has 7 heteroatoms. The number of aromatic nitrogens is 1. The van der Waals surface area contributed by atoms with E-state index in [1.54, 1.807) is 0 Å². The van der Waals surface area contributed by atoms with Gasteiger partial charge in [-0.15, -0.1) is 0 Å². The van der Waals surface area contributed by atoms with Crippen LogP contribution in [-0.2, 0) is 10.8 Å². The summed E-state index contributed by atoms with van der Waals surface area (Å²) < 4.78 is 9.78. The molecule has 4 nitrogen and oxygen atoms in total. The molecule has 4 aliphatic heterocycles. The largest absolute Gasteiger partial charge is 0.458 e. The Morgan fingerprint density at radius 1 is 0.391 bits per heavy atom. The predicted molar refractivity (Wildman–Crippen MR) is 294 cm³/mol. The van der Waals surface area contributed by atoms with Crippen LogP contribution in [0.2, 0.25) is 0 Å². The van der Waals surface area contributed by atoms with Gasteiger partial charge in [0.2, 0.25) is 6.71 Å². The summed E-state index contributed by atoms with van der Waals surface area (Å²) in [6, 6.07) is 70.4. The normalized spacial score (nSPS) is 14.2. The van der Waals surface area contributed by atoms with Crippen LogP contribution in [0.3, 0.4) is 0 Å². The zero-order valence-electron chi connectivity index (χ0n) is 39.7. The number of fused-ring (bicyclic) bond motifs is 11. The Balaban J connectivity index is 1.03. The summed E-state index contributed by atoms with van der Waals surface area (Å²) in [7, 11) is 0. The van der Waals surface area contributed by atoms with Gasteiger partial charge in [0.15, 0.2) is 0 Å². The summed E-state index contributed by atoms with van der Waals surface area (Å²) in [5.41, 5.74) is 20.8. The minimum absolute atomic E-state index is 0.0171. The van der Waals surface area contributed by atoms with Gasteiger partial charge < -0.3 is 19.1 Å². The molecule has 0 unspecified atom stereocenters. The first kappa shape index (κ1) is 40.7. The molecule has 69 heavy (non-hydrogen) atoms. The smallest absolute Gasteiger partial charge is 0.256 e. The van der Waals surface area contributed by atoms with Gasteiger partial charge in [-0.3, -0.25) is 0 Å². The van der Waals surface area contributed by atoms with Gasteiger partial charge in [-0.05, 0) is 134 Å². The Hall–Kier alpha value is -7.34. The summed E-state index contributed by atoms with van der Waals surface area (Å²) >= 11 is 1.91. The van der Waals surface area contributed by atoms with E-state index in [0.29, 0.717) is 0 Å². The third-order valence-electron chi connectivity index (χ3n) is 15.2. The number of ether oxygens (including phenoxy) is 1. The SMILES string of the molecule is CC(C)(C)c1cc2c3c(c1)N(c1ccccc1)c1ccccc1B3c1cc3c(cc1O2)Sc1cc(C(C)(C)C)cc2c1B3c1ccc(-n3c4ccccc4c4ccccc43)cc1N2c1ccccc1. The van der Waals surface area contributed by atoms with E-state index >= 15 is 0 Å². The monoisotopic (exact) mass is 905 g/mol. The van der Waals surface area contributed by atoms with Crippen LogP contribution in [0.4, 0.5) is 34.1 Å². The summed E-state index contributed by atoms with van der Waals surface area (Å²) in [6.45, 7) is 13.9. The molecule has 0 bridgehead atoms. The van der Waals surface area contributed by atoms with Crippen LogP contribution in [0.25, 0.3) is 27.5 Å². The van der Waals surface area contributed by atoms with E-state index in [4.69, 9.17) is 4.74 Å². The summed E-state index contributed by atoms with van der Waals surface area (Å²) in [4.78, 5) is 7.57. The van der Waals surface area contributed by atoms with Crippen molar-refractivity contribution in [1.82, 2.24) is 4.57 Å². The molecule has 0 radical (unpaired) electrons. The van der Waals surface area contributed by atoms with Gasteiger partial charge in [0.1, 0.15) is 11.5 Å². The Morgan fingerprint density at radius 3 is 1.61 bits per heavy atom. The second kappa shape index (κ2) is 14.6. The fourth-order valence-electron chi connectivity index (χ4n) is 11.8. The molecule has 0 spiro atoms. The Morgan fingerprint density at radius 2 is 0.942 bits per heavy atom. The Kier molecular flexibility index (Phi) is 8.61. The molecule has 0 atom stereocenters. The molecule has 9 aromatic carbocycles. The minimum atomic E-state index is -0.0920. The lowest BCUT2D eigenvalue weighted by Gasteiger charge is -2.43. The Labute approximate surface area is 409 Å². The Bertz CT molecular complexity index is 3740. The standard InChI is InChI=1S/C62H49B2N3OS/c1-61(2,3)38-31-53-59-56(33-38)68-55-37-57-48(36-47(55)63(59)45-25-15-18-28-51(45)65(53)40-19-9-7-10-20-40)64-46-30-29-42(67-49-26-16-13-23-43(49)44-24-14-17-27-50(44)67)35-52(46)66(41-21-11-8-12-22-41)54-32-39(62(4,5)6)34-58(69-57)60(54)64/h7-37H,1-6H3. The van der Waals surface area contributed by atoms with Crippen molar-refractivity contribution in [3.63, 3.8) is 0 Å². The van der Waals surface area contributed by atoms with Crippen LogP contribution < -0.4 is 47.3 Å². The quantitative estimate of drug-likeness (QED) is 0.165. The van der Waals surface area contributed by atoms with E-state index in [-0.39, 0.29) is 24.3 Å². The first-order valence-corrected chi connectivity index (χ1v) is 25.1. The highest BCUT2D eigenvalue weighted by Crippen LogP contribution is 2.48.